The van der Waals surface area contributed by atoms with Crippen LogP contribution in [0.3, 0.4) is 0 Å². The Morgan fingerprint density at radius 1 is 1.41 bits per heavy atom. The largest absolute Gasteiger partial charge is 0.388 e. The molecule has 3 aromatic rings. The maximum absolute atomic E-state index is 11.4. The van der Waals surface area contributed by atoms with E-state index in [0.29, 0.717) is 23.4 Å². The van der Waals surface area contributed by atoms with Crippen LogP contribution in [0.4, 0.5) is 0 Å². The van der Waals surface area contributed by atoms with Crippen LogP contribution in [0, 0.1) is 0 Å². The molecule has 0 fully saturated rings. The Morgan fingerprint density at radius 3 is 2.95 bits per heavy atom. The smallest absolute Gasteiger partial charge is 0.271 e. The second-order valence-corrected chi connectivity index (χ2v) is 5.40. The zero-order chi connectivity index (χ0) is 15.7. The average Bonchev–Trinajstić information content (AvgIpc) is 3.08. The lowest BCUT2D eigenvalue weighted by atomic mass is 10.0. The lowest BCUT2D eigenvalue weighted by Crippen LogP contribution is -2.14. The number of primary amides is 1. The Bertz CT molecular complexity index is 838. The predicted molar refractivity (Wildman–Crippen MR) is 81.7 cm³/mol. The van der Waals surface area contributed by atoms with E-state index in [2.05, 4.69) is 10.1 Å². The number of nitrogens with zero attached hydrogens (tertiary/aromatic N) is 1. The molecule has 2 aromatic heterocycles. The van der Waals surface area contributed by atoms with Crippen molar-refractivity contribution in [2.45, 2.75) is 19.4 Å². The number of amides is 1. The van der Waals surface area contributed by atoms with Gasteiger partial charge in [0.05, 0.1) is 0 Å². The van der Waals surface area contributed by atoms with E-state index in [0.717, 1.165) is 16.5 Å². The number of rotatable bonds is 5. The number of nitrogens with two attached hydrogens (primary N) is 1. The van der Waals surface area contributed by atoms with Crippen molar-refractivity contribution in [1.82, 2.24) is 10.1 Å². The summed E-state index contributed by atoms with van der Waals surface area (Å²) in [7, 11) is 0. The minimum atomic E-state index is -0.666. The number of nitrogens with one attached hydrogen (secondary N) is 1. The molecule has 0 saturated carbocycles. The van der Waals surface area contributed by atoms with Crippen LogP contribution >= 0.6 is 11.6 Å². The molecule has 0 radical (unpaired) electrons. The number of aromatic nitrogens is 2. The Morgan fingerprint density at radius 2 is 2.23 bits per heavy atom. The third-order valence-corrected chi connectivity index (χ3v) is 3.86. The number of carbonyl (C=O) groups is 1. The maximum atomic E-state index is 11.4. The number of fused-ring (bicyclic) bond motifs is 1. The Labute approximate surface area is 130 Å². The molecule has 0 aliphatic rings. The standard InChI is InChI=1S/C15H14ClN3O3/c16-9-2-4-12-11(5-9)8(6-18-12)1-3-10-13(7-20)22-19-14(10)15(17)21/h2,4-6,18,20H,1,3,7H2,(H2,17,21). The third-order valence-electron chi connectivity index (χ3n) is 3.62. The summed E-state index contributed by atoms with van der Waals surface area (Å²) in [4.78, 5) is 14.5. The highest BCUT2D eigenvalue weighted by Gasteiger charge is 2.19. The summed E-state index contributed by atoms with van der Waals surface area (Å²) < 4.78 is 4.95. The molecular formula is C15H14ClN3O3. The summed E-state index contributed by atoms with van der Waals surface area (Å²) in [5.74, 6) is -0.396. The second-order valence-electron chi connectivity index (χ2n) is 4.96. The fourth-order valence-corrected chi connectivity index (χ4v) is 2.71. The van der Waals surface area contributed by atoms with Gasteiger partial charge < -0.3 is 20.3 Å². The minimum Gasteiger partial charge on any atom is -0.388 e. The molecule has 1 aromatic carbocycles. The first-order valence-corrected chi connectivity index (χ1v) is 7.11. The van der Waals surface area contributed by atoms with E-state index in [1.807, 2.05) is 24.4 Å². The van der Waals surface area contributed by atoms with Gasteiger partial charge in [-0.1, -0.05) is 16.8 Å². The highest BCUT2D eigenvalue weighted by molar-refractivity contribution is 6.31. The van der Waals surface area contributed by atoms with Crippen LogP contribution in [0.25, 0.3) is 10.9 Å². The minimum absolute atomic E-state index is 0.0712. The van der Waals surface area contributed by atoms with Crippen LogP contribution in [-0.2, 0) is 19.4 Å². The molecular weight excluding hydrogens is 306 g/mol. The number of aromatic amines is 1. The number of aryl methyl sites for hydroxylation is 1. The first-order valence-electron chi connectivity index (χ1n) is 6.73. The van der Waals surface area contributed by atoms with E-state index < -0.39 is 5.91 Å². The highest BCUT2D eigenvalue weighted by Crippen LogP contribution is 2.24. The summed E-state index contributed by atoms with van der Waals surface area (Å²) in [6, 6.07) is 5.62. The highest BCUT2D eigenvalue weighted by atomic mass is 35.5. The lowest BCUT2D eigenvalue weighted by Gasteiger charge is -2.02. The average molecular weight is 320 g/mol. The summed E-state index contributed by atoms with van der Waals surface area (Å²) in [5.41, 5.74) is 7.94. The number of aliphatic hydroxyl groups excluding tert-OH is 1. The third kappa shape index (κ3) is 2.58. The quantitative estimate of drug-likeness (QED) is 0.670. The van der Waals surface area contributed by atoms with Crippen LogP contribution in [-0.4, -0.2) is 21.2 Å². The molecule has 1 amide bonds. The van der Waals surface area contributed by atoms with Crippen molar-refractivity contribution in [3.8, 4) is 0 Å². The Balaban J connectivity index is 1.90. The predicted octanol–water partition coefficient (Wildman–Crippen LogP) is 2.19. The molecule has 0 unspecified atom stereocenters. The SMILES string of the molecule is NC(=O)c1noc(CO)c1CCc1c[nH]c2ccc(Cl)cc12. The molecule has 6 nitrogen and oxygen atoms in total. The number of hydrogen-bond acceptors (Lipinski definition) is 4. The molecule has 114 valence electrons. The van der Waals surface area contributed by atoms with E-state index in [1.165, 1.54) is 0 Å². The molecule has 7 heteroatoms. The maximum Gasteiger partial charge on any atom is 0.271 e. The number of benzene rings is 1. The van der Waals surface area contributed by atoms with Gasteiger partial charge in [0.15, 0.2) is 11.5 Å². The van der Waals surface area contributed by atoms with Crippen molar-refractivity contribution >= 4 is 28.4 Å². The van der Waals surface area contributed by atoms with Crippen molar-refractivity contribution in [2.24, 2.45) is 5.73 Å². The number of aliphatic hydroxyl groups is 1. The molecule has 4 N–H and O–H groups in total. The van der Waals surface area contributed by atoms with Gasteiger partial charge in [-0.25, -0.2) is 0 Å². The van der Waals surface area contributed by atoms with E-state index in [-0.39, 0.29) is 18.1 Å². The van der Waals surface area contributed by atoms with Gasteiger partial charge in [0, 0.05) is 27.7 Å². The monoisotopic (exact) mass is 319 g/mol. The number of hydrogen-bond donors (Lipinski definition) is 3. The number of halogens is 1. The summed E-state index contributed by atoms with van der Waals surface area (Å²) >= 11 is 6.03. The van der Waals surface area contributed by atoms with Crippen LogP contribution in [0.5, 0.6) is 0 Å². The first-order chi connectivity index (χ1) is 10.6. The summed E-state index contributed by atoms with van der Waals surface area (Å²) in [6.07, 6.45) is 3.02. The van der Waals surface area contributed by atoms with Crippen molar-refractivity contribution in [1.29, 1.82) is 0 Å². The molecule has 0 aliphatic carbocycles. The molecule has 0 aliphatic heterocycles. The molecule has 2 heterocycles. The molecule has 0 atom stereocenters. The zero-order valence-electron chi connectivity index (χ0n) is 11.6. The van der Waals surface area contributed by atoms with Crippen molar-refractivity contribution in [2.75, 3.05) is 0 Å². The van der Waals surface area contributed by atoms with Gasteiger partial charge in [-0.3, -0.25) is 4.79 Å². The van der Waals surface area contributed by atoms with Crippen molar-refractivity contribution < 1.29 is 14.4 Å². The fraction of sp³-hybridized carbons (Fsp3) is 0.200. The number of carbonyl (C=O) groups excluding carboxylic acids is 1. The van der Waals surface area contributed by atoms with Crippen LogP contribution in [0.1, 0.15) is 27.4 Å². The van der Waals surface area contributed by atoms with Gasteiger partial charge in [-0.05, 0) is 36.6 Å². The zero-order valence-corrected chi connectivity index (χ0v) is 12.4. The van der Waals surface area contributed by atoms with Gasteiger partial charge >= 0.3 is 0 Å². The first kappa shape index (κ1) is 14.6. The van der Waals surface area contributed by atoms with Crippen LogP contribution in [0.15, 0.2) is 28.9 Å². The Hall–Kier alpha value is -2.31. The van der Waals surface area contributed by atoms with Crippen LogP contribution < -0.4 is 5.73 Å². The normalized spacial score (nSPS) is 11.2. The summed E-state index contributed by atoms with van der Waals surface area (Å²) in [6.45, 7) is -0.324. The van der Waals surface area contributed by atoms with E-state index in [4.69, 9.17) is 21.9 Å². The van der Waals surface area contributed by atoms with Gasteiger partial charge in [-0.15, -0.1) is 0 Å². The second kappa shape index (κ2) is 5.82. The van der Waals surface area contributed by atoms with E-state index in [9.17, 15) is 9.90 Å². The molecule has 22 heavy (non-hydrogen) atoms. The van der Waals surface area contributed by atoms with E-state index in [1.54, 1.807) is 0 Å². The lowest BCUT2D eigenvalue weighted by molar-refractivity contribution is 0.0990. The summed E-state index contributed by atoms with van der Waals surface area (Å²) in [5, 5.41) is 14.6. The number of H-pyrrole nitrogens is 1. The molecule has 0 bridgehead atoms. The fourth-order valence-electron chi connectivity index (χ4n) is 2.54. The van der Waals surface area contributed by atoms with Crippen LogP contribution in [0.2, 0.25) is 5.02 Å². The molecule has 3 rings (SSSR count). The van der Waals surface area contributed by atoms with E-state index >= 15 is 0 Å². The van der Waals surface area contributed by atoms with Crippen molar-refractivity contribution in [3.05, 3.63) is 52.0 Å². The van der Waals surface area contributed by atoms with Gasteiger partial charge in [0.1, 0.15) is 6.61 Å². The Kier molecular flexibility index (Phi) is 3.87. The topological polar surface area (TPSA) is 105 Å². The van der Waals surface area contributed by atoms with Crippen molar-refractivity contribution in [3.63, 3.8) is 0 Å². The van der Waals surface area contributed by atoms with Gasteiger partial charge in [0.25, 0.3) is 5.91 Å². The van der Waals surface area contributed by atoms with Gasteiger partial charge in [-0.2, -0.15) is 0 Å². The van der Waals surface area contributed by atoms with Gasteiger partial charge in [0.2, 0.25) is 0 Å². The molecule has 0 saturated heterocycles. The molecule has 0 spiro atoms.